The van der Waals surface area contributed by atoms with Gasteiger partial charge in [-0.15, -0.1) is 0 Å². The number of benzene rings is 2. The Morgan fingerprint density at radius 2 is 1.79 bits per heavy atom. The number of amides is 1. The second-order valence-electron chi connectivity index (χ2n) is 7.77. The summed E-state index contributed by atoms with van der Waals surface area (Å²) in [5.74, 6) is -1.11. The third kappa shape index (κ3) is 8.49. The number of nitrogens with zero attached hydrogens (tertiary/aromatic N) is 2. The van der Waals surface area contributed by atoms with Gasteiger partial charge in [0.2, 0.25) is 0 Å². The fourth-order valence-corrected chi connectivity index (χ4v) is 3.39. The molecule has 8 heteroatoms. The number of hydrogen-bond donors (Lipinski definition) is 2. The van der Waals surface area contributed by atoms with E-state index in [1.165, 1.54) is 12.1 Å². The molecule has 2 N–H and O–H groups in total. The highest BCUT2D eigenvalue weighted by Gasteiger charge is 2.16. The number of anilines is 1. The number of ether oxygens (including phenoxy) is 2. The van der Waals surface area contributed by atoms with Gasteiger partial charge >= 0.3 is 5.97 Å². The fraction of sp³-hybridized carbons (Fsp3) is 0.440. The first-order valence-electron chi connectivity index (χ1n) is 11.2. The zero-order valence-corrected chi connectivity index (χ0v) is 20.0. The van der Waals surface area contributed by atoms with E-state index >= 15 is 0 Å². The molecule has 8 nitrogen and oxygen atoms in total. The first-order chi connectivity index (χ1) is 15.9. The van der Waals surface area contributed by atoms with Gasteiger partial charge in [0.1, 0.15) is 12.4 Å². The summed E-state index contributed by atoms with van der Waals surface area (Å²) in [6.45, 7) is 9.70. The lowest BCUT2D eigenvalue weighted by atomic mass is 10.1. The Kier molecular flexibility index (Phi) is 10.8. The van der Waals surface area contributed by atoms with Gasteiger partial charge in [-0.3, -0.25) is 4.79 Å². The van der Waals surface area contributed by atoms with Crippen molar-refractivity contribution in [1.29, 1.82) is 0 Å². The summed E-state index contributed by atoms with van der Waals surface area (Å²) in [4.78, 5) is 29.1. The summed E-state index contributed by atoms with van der Waals surface area (Å²) in [7, 11) is 3.62. The molecule has 0 heterocycles. The lowest BCUT2D eigenvalue weighted by Crippen LogP contribution is -2.32. The standard InChI is InChI=1S/C25H35N3O5/c1-5-28(6-2)13-12-27(3)18-19-8-7-9-20(16-19)24(29)26-23-11-10-21(33-15-14-32-4)17-22(23)25(30)31/h7-11,16-17H,5-6,12-15,18H2,1-4H3,(H,26,29)(H,30,31). The second-order valence-corrected chi connectivity index (χ2v) is 7.77. The van der Waals surface area contributed by atoms with Crippen molar-refractivity contribution in [3.63, 3.8) is 0 Å². The van der Waals surface area contributed by atoms with Crippen molar-refractivity contribution in [2.24, 2.45) is 0 Å². The third-order valence-electron chi connectivity index (χ3n) is 5.36. The quantitative estimate of drug-likeness (QED) is 0.420. The smallest absolute Gasteiger partial charge is 0.337 e. The highest BCUT2D eigenvalue weighted by molar-refractivity contribution is 6.07. The van der Waals surface area contributed by atoms with E-state index in [9.17, 15) is 14.7 Å². The van der Waals surface area contributed by atoms with Crippen molar-refractivity contribution in [3.8, 4) is 5.75 Å². The zero-order valence-electron chi connectivity index (χ0n) is 20.0. The van der Waals surface area contributed by atoms with Crippen LogP contribution in [0.5, 0.6) is 5.75 Å². The Labute approximate surface area is 196 Å². The van der Waals surface area contributed by atoms with Crippen LogP contribution in [0.15, 0.2) is 42.5 Å². The molecule has 1 amide bonds. The van der Waals surface area contributed by atoms with Crippen molar-refractivity contribution in [2.75, 3.05) is 58.9 Å². The van der Waals surface area contributed by atoms with Gasteiger partial charge in [0.15, 0.2) is 0 Å². The van der Waals surface area contributed by atoms with Gasteiger partial charge in [0.05, 0.1) is 17.9 Å². The minimum Gasteiger partial charge on any atom is -0.491 e. The Bertz CT molecular complexity index is 915. The first kappa shape index (κ1) is 26.3. The number of rotatable bonds is 14. The lowest BCUT2D eigenvalue weighted by Gasteiger charge is -2.23. The van der Waals surface area contributed by atoms with Crippen LogP contribution in [0.2, 0.25) is 0 Å². The van der Waals surface area contributed by atoms with E-state index in [0.29, 0.717) is 24.5 Å². The molecule has 33 heavy (non-hydrogen) atoms. The van der Waals surface area contributed by atoms with Crippen LogP contribution in [-0.2, 0) is 11.3 Å². The molecular formula is C25H35N3O5. The Morgan fingerprint density at radius 3 is 2.45 bits per heavy atom. The summed E-state index contributed by atoms with van der Waals surface area (Å²) >= 11 is 0. The Morgan fingerprint density at radius 1 is 1.03 bits per heavy atom. The summed E-state index contributed by atoms with van der Waals surface area (Å²) in [6.07, 6.45) is 0. The average molecular weight is 458 g/mol. The van der Waals surface area contributed by atoms with E-state index in [0.717, 1.165) is 38.3 Å². The largest absolute Gasteiger partial charge is 0.491 e. The topological polar surface area (TPSA) is 91.3 Å². The number of carbonyl (C=O) groups is 2. The molecular weight excluding hydrogens is 422 g/mol. The molecule has 0 spiro atoms. The van der Waals surface area contributed by atoms with Crippen LogP contribution >= 0.6 is 0 Å². The molecule has 2 aromatic rings. The van der Waals surface area contributed by atoms with Crippen LogP contribution in [0.25, 0.3) is 0 Å². The zero-order chi connectivity index (χ0) is 24.2. The highest BCUT2D eigenvalue weighted by atomic mass is 16.5. The van der Waals surface area contributed by atoms with Crippen LogP contribution < -0.4 is 10.1 Å². The number of hydrogen-bond acceptors (Lipinski definition) is 6. The predicted octanol–water partition coefficient (Wildman–Crippen LogP) is 3.44. The van der Waals surface area contributed by atoms with Gasteiger partial charge in [0.25, 0.3) is 5.91 Å². The van der Waals surface area contributed by atoms with Crippen molar-refractivity contribution < 1.29 is 24.2 Å². The molecule has 0 radical (unpaired) electrons. The molecule has 0 saturated carbocycles. The molecule has 0 bridgehead atoms. The maximum Gasteiger partial charge on any atom is 0.337 e. The normalized spacial score (nSPS) is 11.1. The van der Waals surface area contributed by atoms with E-state index in [2.05, 4.69) is 36.0 Å². The van der Waals surface area contributed by atoms with Crippen LogP contribution in [0.4, 0.5) is 5.69 Å². The summed E-state index contributed by atoms with van der Waals surface area (Å²) < 4.78 is 10.4. The summed E-state index contributed by atoms with van der Waals surface area (Å²) in [5, 5.41) is 12.3. The first-order valence-corrected chi connectivity index (χ1v) is 11.2. The number of carbonyl (C=O) groups excluding carboxylic acids is 1. The number of carboxylic acids is 1. The number of methoxy groups -OCH3 is 1. The Balaban J connectivity index is 2.06. The third-order valence-corrected chi connectivity index (χ3v) is 5.36. The SMILES string of the molecule is CCN(CC)CCN(C)Cc1cccc(C(=O)Nc2ccc(OCCOC)cc2C(=O)O)c1. The molecule has 0 fully saturated rings. The second kappa shape index (κ2) is 13.6. The molecule has 180 valence electrons. The molecule has 2 aromatic carbocycles. The Hall–Kier alpha value is -2.94. The van der Waals surface area contributed by atoms with E-state index < -0.39 is 5.97 Å². The minimum atomic E-state index is -1.15. The van der Waals surface area contributed by atoms with Crippen molar-refractivity contribution in [3.05, 3.63) is 59.2 Å². The predicted molar refractivity (Wildman–Crippen MR) is 129 cm³/mol. The molecule has 0 aromatic heterocycles. The number of carboxylic acid groups (broad SMARTS) is 1. The molecule has 0 aliphatic heterocycles. The van der Waals surface area contributed by atoms with Crippen molar-refractivity contribution in [1.82, 2.24) is 9.80 Å². The van der Waals surface area contributed by atoms with Crippen LogP contribution in [-0.4, -0.2) is 80.3 Å². The van der Waals surface area contributed by atoms with E-state index in [1.807, 2.05) is 18.2 Å². The van der Waals surface area contributed by atoms with Crippen LogP contribution in [0, 0.1) is 0 Å². The van der Waals surface area contributed by atoms with Gasteiger partial charge in [0, 0.05) is 32.3 Å². The number of aromatic carboxylic acids is 1. The molecule has 0 atom stereocenters. The van der Waals surface area contributed by atoms with Gasteiger partial charge < -0.3 is 29.7 Å². The minimum absolute atomic E-state index is 0.0365. The number of likely N-dealkylation sites (N-methyl/N-ethyl adjacent to an activating group) is 2. The van der Waals surface area contributed by atoms with Gasteiger partial charge in [-0.1, -0.05) is 26.0 Å². The maximum absolute atomic E-state index is 12.8. The van der Waals surface area contributed by atoms with Gasteiger partial charge in [-0.25, -0.2) is 4.79 Å². The van der Waals surface area contributed by atoms with Crippen LogP contribution in [0.3, 0.4) is 0 Å². The molecule has 0 aliphatic carbocycles. The van der Waals surface area contributed by atoms with Crippen molar-refractivity contribution >= 4 is 17.6 Å². The van der Waals surface area contributed by atoms with Gasteiger partial charge in [-0.2, -0.15) is 0 Å². The van der Waals surface area contributed by atoms with E-state index in [4.69, 9.17) is 9.47 Å². The molecule has 0 unspecified atom stereocenters. The van der Waals surface area contributed by atoms with Crippen molar-refractivity contribution in [2.45, 2.75) is 20.4 Å². The molecule has 0 saturated heterocycles. The maximum atomic E-state index is 12.8. The van der Waals surface area contributed by atoms with E-state index in [-0.39, 0.29) is 17.2 Å². The number of nitrogens with one attached hydrogen (secondary N) is 1. The molecule has 0 aliphatic rings. The lowest BCUT2D eigenvalue weighted by molar-refractivity contribution is 0.0697. The van der Waals surface area contributed by atoms with Gasteiger partial charge in [-0.05, 0) is 56.0 Å². The monoisotopic (exact) mass is 457 g/mol. The molecule has 2 rings (SSSR count). The average Bonchev–Trinajstić information content (AvgIpc) is 2.80. The highest BCUT2D eigenvalue weighted by Crippen LogP contribution is 2.23. The summed E-state index contributed by atoms with van der Waals surface area (Å²) in [6, 6.07) is 11.9. The van der Waals surface area contributed by atoms with E-state index in [1.54, 1.807) is 19.2 Å². The van der Waals surface area contributed by atoms with Crippen LogP contribution in [0.1, 0.15) is 40.1 Å². The fourth-order valence-electron chi connectivity index (χ4n) is 3.39. The summed E-state index contributed by atoms with van der Waals surface area (Å²) in [5.41, 5.74) is 1.67.